The van der Waals surface area contributed by atoms with E-state index in [2.05, 4.69) is 4.98 Å². The second-order valence-corrected chi connectivity index (χ2v) is 5.53. The van der Waals surface area contributed by atoms with E-state index < -0.39 is 0 Å². The summed E-state index contributed by atoms with van der Waals surface area (Å²) in [4.78, 5) is 6.46. The number of pyridine rings is 1. The van der Waals surface area contributed by atoms with E-state index in [4.69, 9.17) is 15.2 Å². The highest BCUT2D eigenvalue weighted by Crippen LogP contribution is 2.37. The van der Waals surface area contributed by atoms with Gasteiger partial charge in [0, 0.05) is 29.0 Å². The summed E-state index contributed by atoms with van der Waals surface area (Å²) in [5.74, 6) is 1.63. The average Bonchev–Trinajstić information content (AvgIpc) is 2.72. The summed E-state index contributed by atoms with van der Waals surface area (Å²) in [6.45, 7) is 1.84. The molecule has 1 aliphatic rings. The van der Waals surface area contributed by atoms with Gasteiger partial charge in [0.2, 0.25) is 0 Å². The zero-order valence-electron chi connectivity index (χ0n) is 11.0. The number of benzene rings is 1. The van der Waals surface area contributed by atoms with Gasteiger partial charge in [-0.05, 0) is 30.3 Å². The predicted octanol–water partition coefficient (Wildman–Crippen LogP) is 2.85. The fourth-order valence-corrected chi connectivity index (χ4v) is 2.96. The maximum Gasteiger partial charge on any atom is 0.162 e. The van der Waals surface area contributed by atoms with Crippen molar-refractivity contribution in [2.24, 2.45) is 5.73 Å². The summed E-state index contributed by atoms with van der Waals surface area (Å²) in [7, 11) is 0. The number of nitrogens with two attached hydrogens (primary N) is 1. The second kappa shape index (κ2) is 6.15. The Morgan fingerprint density at radius 3 is 2.85 bits per heavy atom. The van der Waals surface area contributed by atoms with Gasteiger partial charge < -0.3 is 15.2 Å². The molecule has 2 heterocycles. The van der Waals surface area contributed by atoms with Crippen molar-refractivity contribution in [1.82, 2.24) is 4.98 Å². The molecule has 1 aromatic heterocycles. The number of hydrogen-bond donors (Lipinski definition) is 1. The Morgan fingerprint density at radius 2 is 2.00 bits per heavy atom. The third-order valence-electron chi connectivity index (χ3n) is 2.99. The largest absolute Gasteiger partial charge is 0.490 e. The molecule has 20 heavy (non-hydrogen) atoms. The number of rotatable bonds is 3. The van der Waals surface area contributed by atoms with E-state index in [0.717, 1.165) is 33.4 Å². The second-order valence-electron chi connectivity index (χ2n) is 4.41. The highest BCUT2D eigenvalue weighted by Gasteiger charge is 2.12. The fraction of sp³-hybridized carbons (Fsp3) is 0.267. The first-order chi connectivity index (χ1) is 9.86. The molecule has 0 radical (unpaired) electrons. The van der Waals surface area contributed by atoms with E-state index in [-0.39, 0.29) is 0 Å². The molecular formula is C15H16N2O2S. The van der Waals surface area contributed by atoms with Crippen LogP contribution in [0.2, 0.25) is 0 Å². The van der Waals surface area contributed by atoms with Crippen LogP contribution in [0.15, 0.2) is 46.3 Å². The van der Waals surface area contributed by atoms with Crippen molar-refractivity contribution in [2.45, 2.75) is 22.8 Å². The Hall–Kier alpha value is -1.72. The van der Waals surface area contributed by atoms with E-state index in [1.165, 1.54) is 0 Å². The van der Waals surface area contributed by atoms with Crippen LogP contribution < -0.4 is 15.2 Å². The molecule has 0 saturated heterocycles. The van der Waals surface area contributed by atoms with E-state index >= 15 is 0 Å². The smallest absolute Gasteiger partial charge is 0.162 e. The number of ether oxygens (including phenoxy) is 2. The highest BCUT2D eigenvalue weighted by atomic mass is 32.2. The van der Waals surface area contributed by atoms with Gasteiger partial charge in [-0.3, -0.25) is 4.98 Å². The lowest BCUT2D eigenvalue weighted by atomic mass is 10.3. The average molecular weight is 288 g/mol. The van der Waals surface area contributed by atoms with E-state index in [0.29, 0.717) is 19.8 Å². The van der Waals surface area contributed by atoms with Gasteiger partial charge in [-0.1, -0.05) is 11.8 Å². The van der Waals surface area contributed by atoms with Crippen molar-refractivity contribution in [3.8, 4) is 11.5 Å². The van der Waals surface area contributed by atoms with Crippen molar-refractivity contribution >= 4 is 11.8 Å². The van der Waals surface area contributed by atoms with Gasteiger partial charge in [-0.25, -0.2) is 0 Å². The van der Waals surface area contributed by atoms with Crippen LogP contribution in [-0.4, -0.2) is 18.2 Å². The number of fused-ring (bicyclic) bond motifs is 1. The first-order valence-electron chi connectivity index (χ1n) is 6.58. The van der Waals surface area contributed by atoms with Crippen molar-refractivity contribution < 1.29 is 9.47 Å². The van der Waals surface area contributed by atoms with Crippen LogP contribution in [0.5, 0.6) is 11.5 Å². The normalized spacial score (nSPS) is 13.8. The highest BCUT2D eigenvalue weighted by molar-refractivity contribution is 7.99. The first kappa shape index (κ1) is 13.3. The Morgan fingerprint density at radius 1 is 1.15 bits per heavy atom. The summed E-state index contributed by atoms with van der Waals surface area (Å²) in [5, 5.41) is 0. The molecular weight excluding hydrogens is 272 g/mol. The zero-order chi connectivity index (χ0) is 13.8. The molecule has 0 spiro atoms. The van der Waals surface area contributed by atoms with Gasteiger partial charge in [0.15, 0.2) is 11.5 Å². The van der Waals surface area contributed by atoms with Crippen LogP contribution in [0.3, 0.4) is 0 Å². The van der Waals surface area contributed by atoms with Crippen LogP contribution in [-0.2, 0) is 6.54 Å². The monoisotopic (exact) mass is 288 g/mol. The van der Waals surface area contributed by atoms with E-state index in [9.17, 15) is 0 Å². The quantitative estimate of drug-likeness (QED) is 0.941. The molecule has 4 nitrogen and oxygen atoms in total. The van der Waals surface area contributed by atoms with Crippen molar-refractivity contribution in [1.29, 1.82) is 0 Å². The molecule has 0 amide bonds. The van der Waals surface area contributed by atoms with Crippen molar-refractivity contribution in [3.63, 3.8) is 0 Å². The number of hydrogen-bond acceptors (Lipinski definition) is 5. The maximum absolute atomic E-state index is 5.72. The van der Waals surface area contributed by atoms with Gasteiger partial charge in [-0.2, -0.15) is 0 Å². The number of nitrogens with zero attached hydrogens (tertiary/aromatic N) is 1. The molecule has 0 aliphatic carbocycles. The standard InChI is InChI=1S/C15H16N2O2S/c16-10-12-15(3-1-6-17-12)20-11-4-5-13-14(9-11)19-8-2-7-18-13/h1,3-6,9H,2,7-8,10,16H2. The Bertz CT molecular complexity index is 604. The molecule has 1 aromatic carbocycles. The summed E-state index contributed by atoms with van der Waals surface area (Å²) < 4.78 is 11.3. The van der Waals surface area contributed by atoms with E-state index in [1.807, 2.05) is 30.3 Å². The number of aromatic nitrogens is 1. The Kier molecular flexibility index (Phi) is 4.08. The zero-order valence-corrected chi connectivity index (χ0v) is 11.9. The summed E-state index contributed by atoms with van der Waals surface area (Å²) in [6, 6.07) is 9.96. The minimum atomic E-state index is 0.438. The molecule has 0 atom stereocenters. The van der Waals surface area contributed by atoms with Gasteiger partial charge in [0.25, 0.3) is 0 Å². The van der Waals surface area contributed by atoms with Crippen molar-refractivity contribution in [3.05, 3.63) is 42.2 Å². The lowest BCUT2D eigenvalue weighted by molar-refractivity contribution is 0.297. The third-order valence-corrected chi connectivity index (χ3v) is 4.07. The van der Waals surface area contributed by atoms with Gasteiger partial charge in [0.05, 0.1) is 18.9 Å². The summed E-state index contributed by atoms with van der Waals surface area (Å²) in [5.41, 5.74) is 6.62. The predicted molar refractivity (Wildman–Crippen MR) is 78.3 cm³/mol. The van der Waals surface area contributed by atoms with Gasteiger partial charge >= 0.3 is 0 Å². The molecule has 0 fully saturated rings. The molecule has 104 valence electrons. The lowest BCUT2D eigenvalue weighted by Gasteiger charge is -2.10. The minimum Gasteiger partial charge on any atom is -0.490 e. The molecule has 0 saturated carbocycles. The minimum absolute atomic E-state index is 0.438. The third kappa shape index (κ3) is 2.89. The molecule has 0 unspecified atom stereocenters. The molecule has 0 bridgehead atoms. The Labute approximate surface area is 122 Å². The van der Waals surface area contributed by atoms with E-state index in [1.54, 1.807) is 18.0 Å². The summed E-state index contributed by atoms with van der Waals surface area (Å²) >= 11 is 1.64. The fourth-order valence-electron chi connectivity index (χ4n) is 2.00. The summed E-state index contributed by atoms with van der Waals surface area (Å²) in [6.07, 6.45) is 2.68. The van der Waals surface area contributed by atoms with Crippen LogP contribution in [0.4, 0.5) is 0 Å². The van der Waals surface area contributed by atoms with Crippen LogP contribution in [0, 0.1) is 0 Å². The molecule has 5 heteroatoms. The maximum atomic E-state index is 5.72. The SMILES string of the molecule is NCc1ncccc1Sc1ccc2c(c1)OCCCO2. The molecule has 1 aliphatic heterocycles. The lowest BCUT2D eigenvalue weighted by Crippen LogP contribution is -2.00. The topological polar surface area (TPSA) is 57.4 Å². The Balaban J connectivity index is 1.86. The van der Waals surface area contributed by atoms with Crippen LogP contribution in [0.25, 0.3) is 0 Å². The van der Waals surface area contributed by atoms with Crippen LogP contribution in [0.1, 0.15) is 12.1 Å². The van der Waals surface area contributed by atoms with Gasteiger partial charge in [-0.15, -0.1) is 0 Å². The van der Waals surface area contributed by atoms with Gasteiger partial charge in [0.1, 0.15) is 0 Å². The first-order valence-corrected chi connectivity index (χ1v) is 7.40. The molecule has 2 N–H and O–H groups in total. The molecule has 2 aromatic rings. The van der Waals surface area contributed by atoms with Crippen molar-refractivity contribution in [2.75, 3.05) is 13.2 Å². The molecule has 3 rings (SSSR count). The van der Waals surface area contributed by atoms with Crippen LogP contribution >= 0.6 is 11.8 Å².